The van der Waals surface area contributed by atoms with Crippen LogP contribution in [0.15, 0.2) is 12.1 Å². The number of anilines is 1. The Kier molecular flexibility index (Phi) is 3.76. The quantitative estimate of drug-likeness (QED) is 0.484. The van der Waals surface area contributed by atoms with Crippen LogP contribution < -0.4 is 4.90 Å². The molecular formula is C13H17ClN4O2. The van der Waals surface area contributed by atoms with Crippen molar-refractivity contribution >= 4 is 23.1 Å². The second-order valence-corrected chi connectivity index (χ2v) is 5.88. The van der Waals surface area contributed by atoms with Crippen LogP contribution in [0.3, 0.4) is 0 Å². The van der Waals surface area contributed by atoms with Crippen molar-refractivity contribution in [3.05, 3.63) is 27.4 Å². The smallest absolute Gasteiger partial charge is 0.276 e. The SMILES string of the molecule is O=[N+]([O-])c1cc(Cl)nc(N2CCN(CC3CC3)CC2)c1. The monoisotopic (exact) mass is 296 g/mol. The molecule has 7 heteroatoms. The van der Waals surface area contributed by atoms with E-state index in [9.17, 15) is 10.1 Å². The molecule has 2 aliphatic rings. The van der Waals surface area contributed by atoms with Crippen molar-refractivity contribution in [2.24, 2.45) is 5.92 Å². The number of rotatable bonds is 4. The van der Waals surface area contributed by atoms with Crippen LogP contribution in [0.5, 0.6) is 0 Å². The molecule has 2 heterocycles. The lowest BCUT2D eigenvalue weighted by Crippen LogP contribution is -2.47. The van der Waals surface area contributed by atoms with Crippen LogP contribution in [0.4, 0.5) is 11.5 Å². The fraction of sp³-hybridized carbons (Fsp3) is 0.615. The van der Waals surface area contributed by atoms with Crippen LogP contribution in [-0.4, -0.2) is 47.5 Å². The molecule has 1 aromatic rings. The highest BCUT2D eigenvalue weighted by atomic mass is 35.5. The van der Waals surface area contributed by atoms with E-state index in [4.69, 9.17) is 11.6 Å². The van der Waals surface area contributed by atoms with E-state index in [2.05, 4.69) is 14.8 Å². The number of hydrogen-bond acceptors (Lipinski definition) is 5. The second-order valence-electron chi connectivity index (χ2n) is 5.49. The number of pyridine rings is 1. The Morgan fingerprint density at radius 3 is 2.60 bits per heavy atom. The van der Waals surface area contributed by atoms with Crippen LogP contribution in [0.2, 0.25) is 5.15 Å². The van der Waals surface area contributed by atoms with E-state index in [0.717, 1.165) is 32.1 Å². The third-order valence-electron chi connectivity index (χ3n) is 3.89. The number of halogens is 1. The van der Waals surface area contributed by atoms with Gasteiger partial charge >= 0.3 is 0 Å². The fourth-order valence-corrected chi connectivity index (χ4v) is 2.76. The van der Waals surface area contributed by atoms with Crippen LogP contribution >= 0.6 is 11.6 Å². The van der Waals surface area contributed by atoms with Gasteiger partial charge in [0, 0.05) is 32.7 Å². The first kappa shape index (κ1) is 13.6. The van der Waals surface area contributed by atoms with Crippen molar-refractivity contribution in [1.82, 2.24) is 9.88 Å². The minimum Gasteiger partial charge on any atom is -0.354 e. The zero-order valence-corrected chi connectivity index (χ0v) is 11.9. The van der Waals surface area contributed by atoms with E-state index in [0.29, 0.717) is 5.82 Å². The molecule has 0 radical (unpaired) electrons. The zero-order chi connectivity index (χ0) is 14.1. The molecule has 0 unspecified atom stereocenters. The maximum Gasteiger partial charge on any atom is 0.276 e. The molecule has 1 aliphatic heterocycles. The summed E-state index contributed by atoms with van der Waals surface area (Å²) in [7, 11) is 0. The summed E-state index contributed by atoms with van der Waals surface area (Å²) in [4.78, 5) is 19.2. The molecule has 0 amide bonds. The number of nitro groups is 1. The van der Waals surface area contributed by atoms with Gasteiger partial charge < -0.3 is 4.90 Å². The Hall–Kier alpha value is -1.40. The summed E-state index contributed by atoms with van der Waals surface area (Å²) in [6, 6.07) is 2.79. The Bertz CT molecular complexity index is 513. The molecule has 1 saturated heterocycles. The summed E-state index contributed by atoms with van der Waals surface area (Å²) >= 11 is 5.87. The van der Waals surface area contributed by atoms with Crippen LogP contribution in [0.1, 0.15) is 12.8 Å². The van der Waals surface area contributed by atoms with Crippen molar-refractivity contribution in [3.63, 3.8) is 0 Å². The van der Waals surface area contributed by atoms with E-state index in [-0.39, 0.29) is 10.8 Å². The minimum absolute atomic E-state index is 0.000380. The highest BCUT2D eigenvalue weighted by molar-refractivity contribution is 6.29. The van der Waals surface area contributed by atoms with E-state index >= 15 is 0 Å². The normalized spacial score (nSPS) is 20.1. The van der Waals surface area contributed by atoms with Crippen molar-refractivity contribution in [2.45, 2.75) is 12.8 Å². The fourth-order valence-electron chi connectivity index (χ4n) is 2.56. The molecule has 0 atom stereocenters. The molecule has 0 N–H and O–H groups in total. The molecule has 1 saturated carbocycles. The molecule has 1 aromatic heterocycles. The van der Waals surface area contributed by atoms with E-state index in [1.807, 2.05) is 0 Å². The standard InChI is InChI=1S/C13H17ClN4O2/c14-12-7-11(18(19)20)8-13(15-12)17-5-3-16(4-6-17)9-10-1-2-10/h7-8,10H,1-6,9H2. The predicted octanol–water partition coefficient (Wildman–Crippen LogP) is 2.18. The van der Waals surface area contributed by atoms with Gasteiger partial charge in [0.05, 0.1) is 17.1 Å². The minimum atomic E-state index is -0.430. The zero-order valence-electron chi connectivity index (χ0n) is 11.2. The van der Waals surface area contributed by atoms with Gasteiger partial charge in [-0.3, -0.25) is 15.0 Å². The summed E-state index contributed by atoms with van der Waals surface area (Å²) in [6.45, 7) is 4.85. The van der Waals surface area contributed by atoms with E-state index in [1.165, 1.54) is 31.5 Å². The molecule has 0 spiro atoms. The van der Waals surface area contributed by atoms with Gasteiger partial charge in [0.1, 0.15) is 11.0 Å². The Morgan fingerprint density at radius 1 is 1.30 bits per heavy atom. The highest BCUT2D eigenvalue weighted by Gasteiger charge is 2.27. The van der Waals surface area contributed by atoms with Crippen LogP contribution in [0, 0.1) is 16.0 Å². The summed E-state index contributed by atoms with van der Waals surface area (Å²) in [5.74, 6) is 1.50. The first-order valence-corrected chi connectivity index (χ1v) is 7.29. The lowest BCUT2D eigenvalue weighted by Gasteiger charge is -2.35. The number of hydrogen-bond donors (Lipinski definition) is 0. The third kappa shape index (κ3) is 3.19. The van der Waals surface area contributed by atoms with Gasteiger partial charge in [0.25, 0.3) is 5.69 Å². The third-order valence-corrected chi connectivity index (χ3v) is 4.08. The molecule has 3 rings (SSSR count). The topological polar surface area (TPSA) is 62.5 Å². The molecule has 1 aliphatic carbocycles. The average molecular weight is 297 g/mol. The van der Waals surface area contributed by atoms with Crippen molar-refractivity contribution < 1.29 is 4.92 Å². The number of aromatic nitrogens is 1. The van der Waals surface area contributed by atoms with Gasteiger partial charge in [-0.2, -0.15) is 0 Å². The van der Waals surface area contributed by atoms with Crippen molar-refractivity contribution in [2.75, 3.05) is 37.6 Å². The van der Waals surface area contributed by atoms with Gasteiger partial charge in [-0.25, -0.2) is 4.98 Å². The predicted molar refractivity (Wildman–Crippen MR) is 77.3 cm³/mol. The Labute approximate surface area is 122 Å². The first-order chi connectivity index (χ1) is 9.61. The van der Waals surface area contributed by atoms with Crippen molar-refractivity contribution in [1.29, 1.82) is 0 Å². The second kappa shape index (κ2) is 5.54. The van der Waals surface area contributed by atoms with Gasteiger partial charge in [0.15, 0.2) is 0 Å². The van der Waals surface area contributed by atoms with Gasteiger partial charge in [-0.05, 0) is 18.8 Å². The van der Waals surface area contributed by atoms with Gasteiger partial charge in [0.2, 0.25) is 0 Å². The lowest BCUT2D eigenvalue weighted by atomic mass is 10.2. The molecule has 0 bridgehead atoms. The maximum atomic E-state index is 10.9. The molecule has 0 aromatic carbocycles. The number of piperazine rings is 1. The van der Waals surface area contributed by atoms with Crippen LogP contribution in [-0.2, 0) is 0 Å². The maximum absolute atomic E-state index is 10.9. The summed E-state index contributed by atoms with van der Waals surface area (Å²) < 4.78 is 0. The molecular weight excluding hydrogens is 280 g/mol. The van der Waals surface area contributed by atoms with Gasteiger partial charge in [-0.15, -0.1) is 0 Å². The summed E-state index contributed by atoms with van der Waals surface area (Å²) in [5.41, 5.74) is 0.000380. The molecule has 2 fully saturated rings. The van der Waals surface area contributed by atoms with E-state index in [1.54, 1.807) is 0 Å². The lowest BCUT2D eigenvalue weighted by molar-refractivity contribution is -0.384. The van der Waals surface area contributed by atoms with E-state index < -0.39 is 4.92 Å². The Morgan fingerprint density at radius 2 is 2.00 bits per heavy atom. The largest absolute Gasteiger partial charge is 0.354 e. The first-order valence-electron chi connectivity index (χ1n) is 6.91. The number of nitrogens with zero attached hydrogens (tertiary/aromatic N) is 4. The van der Waals surface area contributed by atoms with Crippen LogP contribution in [0.25, 0.3) is 0 Å². The summed E-state index contributed by atoms with van der Waals surface area (Å²) in [6.07, 6.45) is 2.73. The Balaban J connectivity index is 1.66. The molecule has 108 valence electrons. The summed E-state index contributed by atoms with van der Waals surface area (Å²) in [5, 5.41) is 11.0. The average Bonchev–Trinajstić information content (AvgIpc) is 3.23. The molecule has 20 heavy (non-hydrogen) atoms. The van der Waals surface area contributed by atoms with Crippen molar-refractivity contribution in [3.8, 4) is 0 Å². The highest BCUT2D eigenvalue weighted by Crippen LogP contribution is 2.30. The molecule has 6 nitrogen and oxygen atoms in total. The van der Waals surface area contributed by atoms with Gasteiger partial charge in [-0.1, -0.05) is 11.6 Å².